The van der Waals surface area contributed by atoms with Crippen molar-refractivity contribution in [3.8, 4) is 11.8 Å². The molecule has 6 heterocycles. The molecule has 1 aromatic heterocycles. The Kier molecular flexibility index (Phi) is 11.3. The second-order valence-corrected chi connectivity index (χ2v) is 16.2. The monoisotopic (exact) mass is 821 g/mol. The summed E-state index contributed by atoms with van der Waals surface area (Å²) < 4.78 is 19.9. The molecule has 5 aliphatic rings. The second kappa shape index (κ2) is 16.7. The lowest BCUT2D eigenvalue weighted by molar-refractivity contribution is -0.136. The number of nitrogens with one attached hydrogen (secondary N) is 2. The molecule has 60 heavy (non-hydrogen) atoms. The van der Waals surface area contributed by atoms with Gasteiger partial charge in [0.1, 0.15) is 29.2 Å². The highest BCUT2D eigenvalue weighted by atomic mass is 19.1. The molecule has 1 unspecified atom stereocenters. The number of anilines is 4. The van der Waals surface area contributed by atoms with E-state index >= 15 is 0 Å². The zero-order chi connectivity index (χ0) is 42.2. The first-order valence-electron chi connectivity index (χ1n) is 20.4. The van der Waals surface area contributed by atoms with E-state index in [0.29, 0.717) is 41.9 Å². The van der Waals surface area contributed by atoms with Gasteiger partial charge in [-0.2, -0.15) is 5.26 Å². The Labute approximate surface area is 347 Å². The van der Waals surface area contributed by atoms with Crippen LogP contribution in [0.4, 0.5) is 32.2 Å². The third kappa shape index (κ3) is 7.88. The average molecular weight is 822 g/mol. The lowest BCUT2D eigenvalue weighted by Crippen LogP contribution is -2.59. The number of piperidine rings is 2. The van der Waals surface area contributed by atoms with Crippen molar-refractivity contribution in [2.75, 3.05) is 86.0 Å². The van der Waals surface area contributed by atoms with E-state index in [9.17, 15) is 33.6 Å². The van der Waals surface area contributed by atoms with Gasteiger partial charge >= 0.3 is 6.03 Å². The lowest BCUT2D eigenvalue weighted by atomic mass is 9.96. The molecule has 2 N–H and O–H groups in total. The maximum absolute atomic E-state index is 14.7. The van der Waals surface area contributed by atoms with Gasteiger partial charge < -0.3 is 29.7 Å². The highest BCUT2D eigenvalue weighted by Gasteiger charge is 2.45. The Morgan fingerprint density at radius 3 is 2.30 bits per heavy atom. The van der Waals surface area contributed by atoms with Crippen molar-refractivity contribution in [2.45, 2.75) is 57.7 Å². The first kappa shape index (κ1) is 40.4. The quantitative estimate of drug-likeness (QED) is 0.316. The molecule has 5 aliphatic heterocycles. The number of methoxy groups -OCH3 is 1. The average Bonchev–Trinajstić information content (AvgIpc) is 3.49. The Bertz CT molecular complexity index is 2240. The van der Waals surface area contributed by atoms with Crippen LogP contribution < -0.4 is 30.1 Å². The zero-order valence-corrected chi connectivity index (χ0v) is 33.9. The minimum atomic E-state index is -0.986. The zero-order valence-electron chi connectivity index (χ0n) is 33.9. The minimum absolute atomic E-state index is 0.0810. The lowest BCUT2D eigenvalue weighted by Gasteiger charge is -2.45. The normalized spacial score (nSPS) is 22.8. The number of urea groups is 1. The van der Waals surface area contributed by atoms with E-state index in [1.165, 1.54) is 13.2 Å². The summed E-state index contributed by atoms with van der Waals surface area (Å²) in [6.07, 6.45) is 5.46. The molecular weight excluding hydrogens is 774 g/mol. The van der Waals surface area contributed by atoms with Crippen LogP contribution in [0.15, 0.2) is 42.7 Å². The van der Waals surface area contributed by atoms with E-state index in [2.05, 4.69) is 35.3 Å². The highest BCUT2D eigenvalue weighted by Crippen LogP contribution is 2.33. The predicted molar refractivity (Wildman–Crippen MR) is 218 cm³/mol. The van der Waals surface area contributed by atoms with Crippen LogP contribution in [0.2, 0.25) is 0 Å². The Hall–Kier alpha value is -6.35. The molecule has 3 aromatic rings. The molecule has 18 heteroatoms. The van der Waals surface area contributed by atoms with Crippen molar-refractivity contribution in [1.82, 2.24) is 30.0 Å². The SMILES string of the molecule is COc1cc(N2C[C@@H](C)N(C(=O)Nc3cnc(N4CCC(CN5CCN(c6ccc7c(c6)C(=O)N(C6CCC(=O)NC6=O)C7=O)CC5)CC4)nc3)C[C@@H]2C)cc(F)c1C#N. The molecule has 4 saturated heterocycles. The molecule has 3 atom stereocenters. The molecule has 0 saturated carbocycles. The summed E-state index contributed by atoms with van der Waals surface area (Å²) in [5.74, 6) is -1.35. The van der Waals surface area contributed by atoms with Crippen LogP contribution in [0.5, 0.6) is 5.75 Å². The van der Waals surface area contributed by atoms with Crippen molar-refractivity contribution in [1.29, 1.82) is 5.26 Å². The molecule has 0 bridgehead atoms. The maximum atomic E-state index is 14.7. The van der Waals surface area contributed by atoms with E-state index in [1.807, 2.05) is 30.9 Å². The van der Waals surface area contributed by atoms with Gasteiger partial charge in [0.25, 0.3) is 11.8 Å². The van der Waals surface area contributed by atoms with Gasteiger partial charge in [0.2, 0.25) is 17.8 Å². The minimum Gasteiger partial charge on any atom is -0.495 e. The van der Waals surface area contributed by atoms with E-state index < -0.39 is 35.5 Å². The number of halogens is 1. The molecule has 6 amide bonds. The Morgan fingerprint density at radius 1 is 0.900 bits per heavy atom. The third-order valence-corrected chi connectivity index (χ3v) is 12.4. The molecule has 0 aliphatic carbocycles. The van der Waals surface area contributed by atoms with E-state index in [1.54, 1.807) is 35.5 Å². The molecule has 0 spiro atoms. The second-order valence-electron chi connectivity index (χ2n) is 16.2. The molecule has 4 fully saturated rings. The van der Waals surface area contributed by atoms with Crippen molar-refractivity contribution >= 4 is 52.7 Å². The van der Waals surface area contributed by atoms with Crippen molar-refractivity contribution in [2.24, 2.45) is 5.92 Å². The number of rotatable bonds is 8. The Balaban J connectivity index is 0.781. The molecule has 314 valence electrons. The fraction of sp³-hybridized carbons (Fsp3) is 0.476. The van der Waals surface area contributed by atoms with Gasteiger partial charge in [-0.05, 0) is 63.3 Å². The highest BCUT2D eigenvalue weighted by molar-refractivity contribution is 6.23. The van der Waals surface area contributed by atoms with Crippen LogP contribution in [0.25, 0.3) is 0 Å². The van der Waals surface area contributed by atoms with Gasteiger partial charge in [0.15, 0.2) is 0 Å². The predicted octanol–water partition coefficient (Wildman–Crippen LogP) is 3.07. The van der Waals surface area contributed by atoms with Crippen LogP contribution in [0, 0.1) is 23.1 Å². The molecule has 17 nitrogen and oxygen atoms in total. The van der Waals surface area contributed by atoms with Gasteiger partial charge in [-0.25, -0.2) is 19.2 Å². The van der Waals surface area contributed by atoms with Crippen molar-refractivity contribution in [3.63, 3.8) is 0 Å². The van der Waals surface area contributed by atoms with Crippen molar-refractivity contribution < 1.29 is 33.1 Å². The van der Waals surface area contributed by atoms with Crippen LogP contribution in [-0.2, 0) is 9.59 Å². The number of hydrogen-bond donors (Lipinski definition) is 2. The number of hydrogen-bond acceptors (Lipinski definition) is 13. The number of fused-ring (bicyclic) bond motifs is 1. The fourth-order valence-electron chi connectivity index (χ4n) is 9.04. The van der Waals surface area contributed by atoms with E-state index in [0.717, 1.165) is 69.2 Å². The number of aromatic nitrogens is 2. The molecule has 0 radical (unpaired) electrons. The van der Waals surface area contributed by atoms with Gasteiger partial charge in [-0.15, -0.1) is 0 Å². The number of nitriles is 1. The molecular formula is C42H48FN11O6. The number of amides is 6. The number of piperazine rings is 2. The summed E-state index contributed by atoms with van der Waals surface area (Å²) in [7, 11) is 1.40. The van der Waals surface area contributed by atoms with Gasteiger partial charge in [-0.3, -0.25) is 34.3 Å². The molecule has 8 rings (SSSR count). The van der Waals surface area contributed by atoms with Crippen molar-refractivity contribution in [3.05, 3.63) is 65.2 Å². The number of nitrogens with zero attached hydrogens (tertiary/aromatic N) is 9. The summed E-state index contributed by atoms with van der Waals surface area (Å²) >= 11 is 0. The van der Waals surface area contributed by atoms with Gasteiger partial charge in [0.05, 0.1) is 36.3 Å². The largest absolute Gasteiger partial charge is 0.495 e. The summed E-state index contributed by atoms with van der Waals surface area (Å²) in [5, 5.41) is 14.5. The number of imide groups is 2. The number of carbonyl (C=O) groups excluding carboxylic acids is 5. The third-order valence-electron chi connectivity index (χ3n) is 12.4. The van der Waals surface area contributed by atoms with E-state index in [4.69, 9.17) is 4.74 Å². The van der Waals surface area contributed by atoms with E-state index in [-0.39, 0.29) is 47.8 Å². The smallest absolute Gasteiger partial charge is 0.322 e. The fourth-order valence-corrected chi connectivity index (χ4v) is 9.04. The van der Waals surface area contributed by atoms with Crippen LogP contribution in [0.1, 0.15) is 65.8 Å². The topological polar surface area (TPSA) is 188 Å². The van der Waals surface area contributed by atoms with Crippen LogP contribution in [-0.4, -0.2) is 138 Å². The summed E-state index contributed by atoms with van der Waals surface area (Å²) in [5.41, 5.74) is 2.38. The number of ether oxygens (including phenoxy) is 1. The van der Waals surface area contributed by atoms with Gasteiger partial charge in [-0.1, -0.05) is 0 Å². The summed E-state index contributed by atoms with van der Waals surface area (Å²) in [4.78, 5) is 84.7. The Morgan fingerprint density at radius 2 is 1.62 bits per heavy atom. The number of benzene rings is 2. The molecule has 2 aromatic carbocycles. The first-order chi connectivity index (χ1) is 28.9. The summed E-state index contributed by atoms with van der Waals surface area (Å²) in [6.45, 7) is 10.7. The summed E-state index contributed by atoms with van der Waals surface area (Å²) in [6, 6.07) is 8.54. The maximum Gasteiger partial charge on any atom is 0.322 e. The first-order valence-corrected chi connectivity index (χ1v) is 20.4. The van der Waals surface area contributed by atoms with Crippen LogP contribution >= 0.6 is 0 Å². The van der Waals surface area contributed by atoms with Crippen LogP contribution in [0.3, 0.4) is 0 Å². The van der Waals surface area contributed by atoms with Gasteiger partial charge in [0, 0.05) is 94.8 Å². The number of carbonyl (C=O) groups is 5. The standard InChI is InChI=1S/C42H48FN11O6/c1-25-23-53(26(2)22-52(25)30-17-34(43)33(19-44)36(18-30)60-3)42(59)47-28-20-45-41(46-21-28)51-10-8-27(9-11-51)24-49-12-14-50(15-13-49)29-4-5-31-32(16-29)40(58)54(39(31)57)35-6-7-37(55)48-38(35)56/h4-5,16-18,20-21,25-27,35H,6-15,22-24H2,1-3H3,(H,47,59)(H,48,55,56)/t25-,26+,35?/m0/s1.